The van der Waals surface area contributed by atoms with E-state index in [1.807, 2.05) is 31.2 Å². The molecule has 0 radical (unpaired) electrons. The largest absolute Gasteiger partial charge is 0.494 e. The number of ether oxygens (including phenoxy) is 1. The molecule has 0 aliphatic heterocycles. The molecule has 4 N–H and O–H groups in total. The molecule has 0 amide bonds. The number of anilines is 1. The number of aliphatic imine (C=N–C) groups is 1. The van der Waals surface area contributed by atoms with Gasteiger partial charge in [0.25, 0.3) is 5.56 Å². The molecular weight excluding hydrogens is 270 g/mol. The van der Waals surface area contributed by atoms with Crippen LogP contribution in [0.5, 0.6) is 5.75 Å². The molecule has 0 unspecified atom stereocenters. The van der Waals surface area contributed by atoms with E-state index in [9.17, 15) is 4.79 Å². The lowest BCUT2D eigenvalue weighted by Crippen LogP contribution is -2.22. The number of guanidine groups is 1. The first-order valence-electron chi connectivity index (χ1n) is 6.49. The molecular formula is C14H17N5O2. The van der Waals surface area contributed by atoms with Crippen LogP contribution in [0.4, 0.5) is 11.6 Å². The number of aromatic amines is 1. The summed E-state index contributed by atoms with van der Waals surface area (Å²) in [5.74, 6) is 1.08. The number of hydrogen-bond acceptors (Lipinski definition) is 4. The summed E-state index contributed by atoms with van der Waals surface area (Å²) in [4.78, 5) is 21.9. The van der Waals surface area contributed by atoms with Crippen molar-refractivity contribution in [2.45, 2.75) is 13.8 Å². The Hall–Kier alpha value is -2.83. The van der Waals surface area contributed by atoms with Crippen LogP contribution in [0.25, 0.3) is 0 Å². The van der Waals surface area contributed by atoms with Gasteiger partial charge in [-0.2, -0.15) is 4.99 Å². The predicted molar refractivity (Wildman–Crippen MR) is 82.1 cm³/mol. The Morgan fingerprint density at radius 3 is 2.76 bits per heavy atom. The van der Waals surface area contributed by atoms with E-state index >= 15 is 0 Å². The van der Waals surface area contributed by atoms with Crippen molar-refractivity contribution in [3.05, 3.63) is 46.4 Å². The molecule has 110 valence electrons. The molecule has 0 bridgehead atoms. The molecule has 2 aromatic rings. The molecule has 0 atom stereocenters. The molecule has 1 heterocycles. The van der Waals surface area contributed by atoms with Gasteiger partial charge in [-0.3, -0.25) is 9.78 Å². The summed E-state index contributed by atoms with van der Waals surface area (Å²) in [5, 5.41) is 2.91. The molecule has 0 saturated heterocycles. The lowest BCUT2D eigenvalue weighted by atomic mass is 10.3. The Morgan fingerprint density at radius 1 is 1.43 bits per heavy atom. The molecule has 0 aliphatic carbocycles. The number of nitrogens with zero attached hydrogens (tertiary/aromatic N) is 2. The average molecular weight is 287 g/mol. The fourth-order valence-electron chi connectivity index (χ4n) is 1.71. The Kier molecular flexibility index (Phi) is 4.55. The van der Waals surface area contributed by atoms with Gasteiger partial charge >= 0.3 is 0 Å². The highest BCUT2D eigenvalue weighted by Gasteiger charge is 2.00. The van der Waals surface area contributed by atoms with Crippen LogP contribution in [-0.2, 0) is 0 Å². The molecule has 1 aromatic heterocycles. The van der Waals surface area contributed by atoms with Gasteiger partial charge in [-0.1, -0.05) is 0 Å². The minimum Gasteiger partial charge on any atom is -0.494 e. The van der Waals surface area contributed by atoms with Crippen molar-refractivity contribution in [3.8, 4) is 5.75 Å². The van der Waals surface area contributed by atoms with Gasteiger partial charge in [0.1, 0.15) is 5.75 Å². The fourth-order valence-corrected chi connectivity index (χ4v) is 1.71. The van der Waals surface area contributed by atoms with Gasteiger partial charge in [0.05, 0.1) is 6.61 Å². The number of rotatable bonds is 4. The highest BCUT2D eigenvalue weighted by molar-refractivity contribution is 5.93. The Balaban J connectivity index is 2.11. The number of aromatic nitrogens is 2. The fraction of sp³-hybridized carbons (Fsp3) is 0.214. The van der Waals surface area contributed by atoms with Crippen LogP contribution < -0.4 is 21.3 Å². The monoisotopic (exact) mass is 287 g/mol. The summed E-state index contributed by atoms with van der Waals surface area (Å²) >= 11 is 0. The van der Waals surface area contributed by atoms with Crippen LogP contribution in [0, 0.1) is 6.92 Å². The maximum absolute atomic E-state index is 11.3. The zero-order valence-corrected chi connectivity index (χ0v) is 11.9. The molecule has 2 rings (SSSR count). The van der Waals surface area contributed by atoms with Crippen molar-refractivity contribution >= 4 is 17.6 Å². The smallest absolute Gasteiger partial charge is 0.252 e. The highest BCUT2D eigenvalue weighted by atomic mass is 16.5. The molecule has 0 aliphatic rings. The van der Waals surface area contributed by atoms with Gasteiger partial charge in [0.15, 0.2) is 0 Å². The van der Waals surface area contributed by atoms with Gasteiger partial charge in [0.2, 0.25) is 11.9 Å². The second-order valence-electron chi connectivity index (χ2n) is 4.29. The van der Waals surface area contributed by atoms with E-state index in [1.54, 1.807) is 6.92 Å². The lowest BCUT2D eigenvalue weighted by Gasteiger charge is -2.07. The van der Waals surface area contributed by atoms with Crippen LogP contribution in [0.2, 0.25) is 0 Å². The summed E-state index contributed by atoms with van der Waals surface area (Å²) in [6, 6.07) is 8.67. The molecule has 7 heteroatoms. The van der Waals surface area contributed by atoms with Gasteiger partial charge in [-0.15, -0.1) is 0 Å². The first kappa shape index (κ1) is 14.6. The third kappa shape index (κ3) is 4.34. The molecule has 0 fully saturated rings. The molecule has 21 heavy (non-hydrogen) atoms. The molecule has 1 aromatic carbocycles. The van der Waals surface area contributed by atoms with Gasteiger partial charge < -0.3 is 15.8 Å². The maximum Gasteiger partial charge on any atom is 0.252 e. The van der Waals surface area contributed by atoms with Gasteiger partial charge in [-0.05, 0) is 38.1 Å². The zero-order chi connectivity index (χ0) is 15.2. The second-order valence-corrected chi connectivity index (χ2v) is 4.29. The van der Waals surface area contributed by atoms with E-state index < -0.39 is 0 Å². The molecule has 0 saturated carbocycles. The maximum atomic E-state index is 11.3. The van der Waals surface area contributed by atoms with Gasteiger partial charge in [-0.25, -0.2) is 4.98 Å². The first-order valence-corrected chi connectivity index (χ1v) is 6.49. The summed E-state index contributed by atoms with van der Waals surface area (Å²) < 4.78 is 5.35. The van der Waals surface area contributed by atoms with Crippen LogP contribution in [0.3, 0.4) is 0 Å². The van der Waals surface area contributed by atoms with E-state index in [0.29, 0.717) is 12.3 Å². The Labute approximate surface area is 121 Å². The van der Waals surface area contributed by atoms with E-state index in [0.717, 1.165) is 11.4 Å². The number of benzene rings is 1. The van der Waals surface area contributed by atoms with Crippen LogP contribution in [-0.4, -0.2) is 22.5 Å². The van der Waals surface area contributed by atoms with Crippen molar-refractivity contribution in [3.63, 3.8) is 0 Å². The van der Waals surface area contributed by atoms with E-state index in [4.69, 9.17) is 10.5 Å². The van der Waals surface area contributed by atoms with E-state index in [1.165, 1.54) is 6.07 Å². The predicted octanol–water partition coefficient (Wildman–Crippen LogP) is 1.54. The van der Waals surface area contributed by atoms with Crippen molar-refractivity contribution in [1.29, 1.82) is 0 Å². The van der Waals surface area contributed by atoms with Crippen molar-refractivity contribution in [2.75, 3.05) is 11.9 Å². The lowest BCUT2D eigenvalue weighted by molar-refractivity contribution is 0.340. The number of nitrogens with two attached hydrogens (primary N) is 1. The Morgan fingerprint density at radius 2 is 2.14 bits per heavy atom. The van der Waals surface area contributed by atoms with E-state index in [-0.39, 0.29) is 17.5 Å². The van der Waals surface area contributed by atoms with Crippen molar-refractivity contribution in [1.82, 2.24) is 9.97 Å². The van der Waals surface area contributed by atoms with Crippen molar-refractivity contribution < 1.29 is 4.74 Å². The molecule has 7 nitrogen and oxygen atoms in total. The summed E-state index contributed by atoms with van der Waals surface area (Å²) in [5.41, 5.74) is 6.85. The highest BCUT2D eigenvalue weighted by Crippen LogP contribution is 2.15. The van der Waals surface area contributed by atoms with Crippen LogP contribution in [0.1, 0.15) is 12.6 Å². The summed E-state index contributed by atoms with van der Waals surface area (Å²) in [6.07, 6.45) is 0. The topological polar surface area (TPSA) is 105 Å². The third-order valence-electron chi connectivity index (χ3n) is 2.52. The second kappa shape index (κ2) is 6.56. The number of hydrogen-bond donors (Lipinski definition) is 3. The minimum absolute atomic E-state index is 0.132. The molecule has 0 spiro atoms. The third-order valence-corrected chi connectivity index (χ3v) is 2.52. The number of nitrogens with one attached hydrogen (secondary N) is 2. The van der Waals surface area contributed by atoms with E-state index in [2.05, 4.69) is 20.3 Å². The number of H-pyrrole nitrogens is 1. The van der Waals surface area contributed by atoms with Gasteiger partial charge in [0, 0.05) is 17.4 Å². The average Bonchev–Trinajstić information content (AvgIpc) is 2.40. The first-order chi connectivity index (χ1) is 10.1. The van der Waals surface area contributed by atoms with Crippen LogP contribution >= 0.6 is 0 Å². The Bertz CT molecular complexity index is 691. The van der Waals surface area contributed by atoms with Crippen molar-refractivity contribution in [2.24, 2.45) is 10.7 Å². The van der Waals surface area contributed by atoms with Crippen LogP contribution in [0.15, 0.2) is 40.1 Å². The standard InChI is InChI=1S/C14H17N5O2/c1-3-21-11-6-4-10(5-7-11)17-13(15)19-14-16-9(2)8-12(20)18-14/h4-8H,3H2,1-2H3,(H4,15,16,17,18,19,20). The normalized spacial score (nSPS) is 11.2. The zero-order valence-electron chi connectivity index (χ0n) is 11.9. The minimum atomic E-state index is -0.268. The summed E-state index contributed by atoms with van der Waals surface area (Å²) in [6.45, 7) is 4.25. The summed E-state index contributed by atoms with van der Waals surface area (Å²) in [7, 11) is 0. The SMILES string of the molecule is CCOc1ccc(N/C(N)=N\c2nc(C)cc(=O)[nH]2)cc1. The number of aryl methyl sites for hydroxylation is 1. The quantitative estimate of drug-likeness (QED) is 0.584.